The molecule has 0 aliphatic rings. The predicted molar refractivity (Wildman–Crippen MR) is 130 cm³/mol. The Morgan fingerprint density at radius 1 is 0.800 bits per heavy atom. The fourth-order valence-electron chi connectivity index (χ4n) is 2.78. The molecule has 3 rings (SSSR count). The Morgan fingerprint density at radius 3 is 2.07 bits per heavy atom. The molecule has 156 valence electrons. The van der Waals surface area contributed by atoms with Gasteiger partial charge in [-0.25, -0.2) is 0 Å². The van der Waals surface area contributed by atoms with Gasteiger partial charge in [-0.2, -0.15) is 0 Å². The summed E-state index contributed by atoms with van der Waals surface area (Å²) < 4.78 is 0. The molecule has 0 aromatic heterocycles. The number of anilines is 1. The molecular weight excluding hydrogens is 390 g/mol. The molecule has 4 heteroatoms. The number of ketones is 1. The van der Waals surface area contributed by atoms with Crippen LogP contribution in [0.25, 0.3) is 11.1 Å². The Labute approximate surface area is 184 Å². The lowest BCUT2D eigenvalue weighted by molar-refractivity contribution is -0.109. The zero-order valence-electron chi connectivity index (χ0n) is 18.3. The normalized spacial score (nSPS) is 10.0. The Bertz CT molecular complexity index is 994. The number of hydrogen-bond acceptors (Lipinski definition) is 4. The van der Waals surface area contributed by atoms with Crippen molar-refractivity contribution in [2.45, 2.75) is 20.8 Å². The molecule has 3 aromatic rings. The maximum atomic E-state index is 11.5. The lowest BCUT2D eigenvalue weighted by Gasteiger charge is -2.13. The van der Waals surface area contributed by atoms with Gasteiger partial charge >= 0.3 is 0 Å². The second-order valence-corrected chi connectivity index (χ2v) is 8.54. The van der Waals surface area contributed by atoms with Crippen LogP contribution < -0.4 is 4.90 Å². The van der Waals surface area contributed by atoms with Gasteiger partial charge in [0.25, 0.3) is 0 Å². The van der Waals surface area contributed by atoms with E-state index in [9.17, 15) is 9.59 Å². The van der Waals surface area contributed by atoms with Crippen molar-refractivity contribution < 1.29 is 9.59 Å². The van der Waals surface area contributed by atoms with Crippen molar-refractivity contribution in [1.29, 1.82) is 0 Å². The summed E-state index contributed by atoms with van der Waals surface area (Å²) in [6.07, 6.45) is 0. The van der Waals surface area contributed by atoms with Crippen LogP contribution in [0.4, 0.5) is 5.69 Å². The fraction of sp³-hybridized carbons (Fsp3) is 0.231. The lowest BCUT2D eigenvalue weighted by Crippen LogP contribution is -2.08. The van der Waals surface area contributed by atoms with E-state index in [2.05, 4.69) is 74.4 Å². The molecular formula is C26H29NO2S. The maximum absolute atomic E-state index is 11.5. The highest BCUT2D eigenvalue weighted by atomic mass is 32.2. The fourth-order valence-corrected chi connectivity index (χ4v) is 3.28. The van der Waals surface area contributed by atoms with Gasteiger partial charge in [0.05, 0.1) is 5.75 Å². The summed E-state index contributed by atoms with van der Waals surface area (Å²) in [6.45, 7) is 5.52. The second-order valence-electron chi connectivity index (χ2n) is 7.38. The number of rotatable bonds is 5. The van der Waals surface area contributed by atoms with Gasteiger partial charge in [0.15, 0.2) is 10.9 Å². The van der Waals surface area contributed by atoms with Gasteiger partial charge in [0, 0.05) is 32.3 Å². The molecule has 0 heterocycles. The van der Waals surface area contributed by atoms with E-state index in [4.69, 9.17) is 0 Å². The van der Waals surface area contributed by atoms with Crippen LogP contribution >= 0.6 is 11.8 Å². The highest BCUT2D eigenvalue weighted by Crippen LogP contribution is 2.24. The molecule has 0 saturated heterocycles. The van der Waals surface area contributed by atoms with Gasteiger partial charge < -0.3 is 4.90 Å². The van der Waals surface area contributed by atoms with Crippen LogP contribution in [-0.2, 0) is 4.79 Å². The topological polar surface area (TPSA) is 37.4 Å². The van der Waals surface area contributed by atoms with Crippen LogP contribution in [0.15, 0.2) is 72.8 Å². The monoisotopic (exact) mass is 419 g/mol. The largest absolute Gasteiger partial charge is 0.378 e. The summed E-state index contributed by atoms with van der Waals surface area (Å²) in [7, 11) is 4.13. The van der Waals surface area contributed by atoms with Crippen molar-refractivity contribution in [3.8, 4) is 11.1 Å². The van der Waals surface area contributed by atoms with Crippen molar-refractivity contribution in [2.24, 2.45) is 0 Å². The molecule has 0 spiro atoms. The molecule has 0 aliphatic heterocycles. The van der Waals surface area contributed by atoms with Crippen LogP contribution in [0, 0.1) is 13.8 Å². The van der Waals surface area contributed by atoms with E-state index < -0.39 is 0 Å². The van der Waals surface area contributed by atoms with Crippen molar-refractivity contribution in [3.63, 3.8) is 0 Å². The molecule has 0 saturated carbocycles. The average Bonchev–Trinajstić information content (AvgIpc) is 2.73. The molecule has 0 atom stereocenters. The van der Waals surface area contributed by atoms with Crippen molar-refractivity contribution in [2.75, 3.05) is 24.7 Å². The van der Waals surface area contributed by atoms with Gasteiger partial charge in [-0.1, -0.05) is 77.5 Å². The van der Waals surface area contributed by atoms with E-state index in [1.165, 1.54) is 29.3 Å². The Kier molecular flexibility index (Phi) is 8.88. The SMILES string of the molecule is CC(=O)SCC(=O)c1cccc(C)c1.Cc1ccc(-c2cccc(N(C)C)c2)cc1. The first-order valence-corrected chi connectivity index (χ1v) is 10.8. The number of nitrogens with zero attached hydrogens (tertiary/aromatic N) is 1. The van der Waals surface area contributed by atoms with E-state index in [1.54, 1.807) is 6.07 Å². The maximum Gasteiger partial charge on any atom is 0.186 e. The van der Waals surface area contributed by atoms with E-state index in [-0.39, 0.29) is 16.7 Å². The molecule has 30 heavy (non-hydrogen) atoms. The predicted octanol–water partition coefficient (Wildman–Crippen LogP) is 6.19. The minimum absolute atomic E-state index is 0.00824. The van der Waals surface area contributed by atoms with Crippen LogP contribution in [0.2, 0.25) is 0 Å². The zero-order chi connectivity index (χ0) is 22.1. The molecule has 0 fully saturated rings. The number of benzene rings is 3. The van der Waals surface area contributed by atoms with Crippen LogP contribution in [0.5, 0.6) is 0 Å². The van der Waals surface area contributed by atoms with E-state index in [1.807, 2.05) is 25.1 Å². The van der Waals surface area contributed by atoms with Crippen LogP contribution in [0.1, 0.15) is 28.4 Å². The van der Waals surface area contributed by atoms with Gasteiger partial charge in [-0.05, 0) is 43.2 Å². The first-order valence-electron chi connectivity index (χ1n) is 9.84. The van der Waals surface area contributed by atoms with Gasteiger partial charge in [0.1, 0.15) is 0 Å². The Balaban J connectivity index is 0.000000216. The summed E-state index contributed by atoms with van der Waals surface area (Å²) in [5.41, 5.74) is 6.81. The summed E-state index contributed by atoms with van der Waals surface area (Å²) >= 11 is 1.05. The third-order valence-electron chi connectivity index (χ3n) is 4.49. The van der Waals surface area contributed by atoms with Gasteiger partial charge in [0.2, 0.25) is 0 Å². The van der Waals surface area contributed by atoms with E-state index in [0.717, 1.165) is 17.3 Å². The molecule has 0 radical (unpaired) electrons. The van der Waals surface area contributed by atoms with E-state index in [0.29, 0.717) is 5.56 Å². The summed E-state index contributed by atoms with van der Waals surface area (Å²) in [5, 5.41) is -0.0222. The number of aryl methyl sites for hydroxylation is 2. The molecule has 0 amide bonds. The lowest BCUT2D eigenvalue weighted by atomic mass is 10.0. The smallest absolute Gasteiger partial charge is 0.186 e. The molecule has 0 bridgehead atoms. The van der Waals surface area contributed by atoms with Crippen molar-refractivity contribution >= 4 is 28.3 Å². The summed E-state index contributed by atoms with van der Waals surface area (Å²) in [5.74, 6) is 0.243. The third kappa shape index (κ3) is 7.53. The van der Waals surface area contributed by atoms with E-state index >= 15 is 0 Å². The molecule has 0 unspecified atom stereocenters. The van der Waals surface area contributed by atoms with Gasteiger partial charge in [-0.3, -0.25) is 9.59 Å². The highest BCUT2D eigenvalue weighted by Gasteiger charge is 2.07. The second kappa shape index (κ2) is 11.4. The van der Waals surface area contributed by atoms with Crippen LogP contribution in [-0.4, -0.2) is 30.7 Å². The number of hydrogen-bond donors (Lipinski definition) is 0. The minimum atomic E-state index is -0.0222. The van der Waals surface area contributed by atoms with Crippen molar-refractivity contribution in [3.05, 3.63) is 89.5 Å². The third-order valence-corrected chi connectivity index (χ3v) is 5.31. The first kappa shape index (κ1) is 23.4. The summed E-state index contributed by atoms with van der Waals surface area (Å²) in [4.78, 5) is 24.3. The summed E-state index contributed by atoms with van der Waals surface area (Å²) in [6, 6.07) is 24.6. The number of Topliss-reactive ketones (excluding diaryl/α,β-unsaturated/α-hetero) is 1. The first-order chi connectivity index (χ1) is 14.3. The quantitative estimate of drug-likeness (QED) is 0.462. The zero-order valence-corrected chi connectivity index (χ0v) is 19.1. The molecule has 3 aromatic carbocycles. The molecule has 0 aliphatic carbocycles. The Hall–Kier alpha value is -2.85. The standard InChI is InChI=1S/C15H17N.C11H12O2S/c1-12-7-9-13(10-8-12)14-5-4-6-15(11-14)16(2)3;1-8-4-3-5-10(6-8)11(13)7-14-9(2)12/h4-11H,1-3H3;3-6H,7H2,1-2H3. The molecule has 0 N–H and O–H groups in total. The average molecular weight is 420 g/mol. The molecule has 3 nitrogen and oxygen atoms in total. The van der Waals surface area contributed by atoms with Crippen molar-refractivity contribution in [1.82, 2.24) is 0 Å². The van der Waals surface area contributed by atoms with Gasteiger partial charge in [-0.15, -0.1) is 0 Å². The highest BCUT2D eigenvalue weighted by molar-refractivity contribution is 8.14. The number of carbonyl (C=O) groups is 2. The number of thioether (sulfide) groups is 1. The number of carbonyl (C=O) groups excluding carboxylic acids is 2. The van der Waals surface area contributed by atoms with Crippen LogP contribution in [0.3, 0.4) is 0 Å². The Morgan fingerprint density at radius 2 is 1.47 bits per heavy atom. The minimum Gasteiger partial charge on any atom is -0.378 e.